The summed E-state index contributed by atoms with van der Waals surface area (Å²) >= 11 is -0.410. The van der Waals surface area contributed by atoms with Crippen LogP contribution in [-0.4, -0.2) is 50.7 Å². The predicted octanol–water partition coefficient (Wildman–Crippen LogP) is 2.75. The zero-order valence-corrected chi connectivity index (χ0v) is 16.1. The third-order valence-corrected chi connectivity index (χ3v) is 7.06. The second-order valence-electron chi connectivity index (χ2n) is 6.16. The van der Waals surface area contributed by atoms with Crippen molar-refractivity contribution in [1.29, 1.82) is 0 Å². The molecule has 2 unspecified atom stereocenters. The van der Waals surface area contributed by atoms with E-state index in [4.69, 9.17) is 4.74 Å². The number of benzene rings is 2. The topological polar surface area (TPSA) is 46.6 Å². The average Bonchev–Trinajstić information content (AvgIpc) is 3.01. The van der Waals surface area contributed by atoms with E-state index in [1.54, 1.807) is 0 Å². The van der Waals surface area contributed by atoms with Gasteiger partial charge < -0.3 is 0 Å². The van der Waals surface area contributed by atoms with Crippen LogP contribution in [-0.2, 0) is 16.0 Å². The van der Waals surface area contributed by atoms with Crippen molar-refractivity contribution in [2.24, 2.45) is 0 Å². The van der Waals surface area contributed by atoms with Crippen molar-refractivity contribution in [3.05, 3.63) is 66.2 Å². The molecule has 0 radical (unpaired) electrons. The minimum atomic E-state index is -1.34. The van der Waals surface area contributed by atoms with Crippen LogP contribution >= 0.6 is 0 Å². The molecule has 3 atom stereocenters. The number of alkyl halides is 1. The van der Waals surface area contributed by atoms with Crippen molar-refractivity contribution in [1.82, 2.24) is 4.90 Å². The molecule has 1 fully saturated rings. The van der Waals surface area contributed by atoms with Crippen LogP contribution in [0.4, 0.5) is 9.18 Å². The zero-order valence-electron chi connectivity index (χ0n) is 14.4. The van der Waals surface area contributed by atoms with Crippen LogP contribution < -0.4 is 4.46 Å². The molecule has 0 aromatic heterocycles. The number of carbonyl (C=O) groups excluding carboxylic acids is 2. The molecule has 0 saturated carbocycles. The Bertz CT molecular complexity index is 754. The Kier molecular flexibility index (Phi) is 6.07. The molecule has 1 saturated heterocycles. The fourth-order valence-corrected chi connectivity index (χ4v) is 5.01. The van der Waals surface area contributed by atoms with E-state index in [-0.39, 0.29) is 6.61 Å². The molecule has 2 aromatic carbocycles. The first kappa shape index (κ1) is 18.6. The Hall–Kier alpha value is -2.17. The van der Waals surface area contributed by atoms with Crippen molar-refractivity contribution >= 4 is 31.4 Å². The van der Waals surface area contributed by atoms with Gasteiger partial charge in [0.05, 0.1) is 0 Å². The Balaban J connectivity index is 1.78. The third kappa shape index (κ3) is 4.32. The van der Waals surface area contributed by atoms with Crippen LogP contribution in [0.15, 0.2) is 60.7 Å². The standard InChI is InChI=1S/C20H20FNO3Se/c1-14(21)18(26-17-10-6-3-7-11-17)19(23)22-16(13-25-20(22)24)12-15-8-4-2-5-9-15/h2-11,14,16,18H,12-13H2,1H3/t14?,16-,18?/m0/s1. The van der Waals surface area contributed by atoms with Gasteiger partial charge in [0.25, 0.3) is 0 Å². The molecule has 0 N–H and O–H groups in total. The Labute approximate surface area is 158 Å². The van der Waals surface area contributed by atoms with Gasteiger partial charge in [0.1, 0.15) is 0 Å². The number of halogens is 1. The van der Waals surface area contributed by atoms with E-state index in [1.807, 2.05) is 60.7 Å². The van der Waals surface area contributed by atoms with Gasteiger partial charge >= 0.3 is 158 Å². The Morgan fingerprint density at radius 2 is 1.81 bits per heavy atom. The number of nitrogens with zero attached hydrogens (tertiary/aromatic N) is 1. The normalized spacial score (nSPS) is 19.1. The average molecular weight is 420 g/mol. The fraction of sp³-hybridized carbons (Fsp3) is 0.300. The molecule has 4 nitrogen and oxygen atoms in total. The summed E-state index contributed by atoms with van der Waals surface area (Å²) in [6, 6.07) is 18.6. The molecule has 6 heteroatoms. The van der Waals surface area contributed by atoms with Crippen molar-refractivity contribution in [2.75, 3.05) is 6.61 Å². The van der Waals surface area contributed by atoms with Gasteiger partial charge in [0, 0.05) is 0 Å². The molecular weight excluding hydrogens is 400 g/mol. The van der Waals surface area contributed by atoms with Crippen molar-refractivity contribution in [2.45, 2.75) is 30.4 Å². The third-order valence-electron chi connectivity index (χ3n) is 4.18. The van der Waals surface area contributed by atoms with Crippen LogP contribution in [0, 0.1) is 0 Å². The molecule has 2 amide bonds. The maximum atomic E-state index is 14.3. The van der Waals surface area contributed by atoms with Crippen LogP contribution in [0.3, 0.4) is 0 Å². The fourth-order valence-electron chi connectivity index (χ4n) is 2.89. The summed E-state index contributed by atoms with van der Waals surface area (Å²) in [4.78, 5) is 25.4. The SMILES string of the molecule is CC(F)C([Se]c1ccccc1)C(=O)N1C(=O)OC[C@@H]1Cc1ccccc1. The zero-order chi connectivity index (χ0) is 18.5. The summed E-state index contributed by atoms with van der Waals surface area (Å²) in [5, 5.41) is 0. The molecule has 1 heterocycles. The van der Waals surface area contributed by atoms with E-state index in [0.717, 1.165) is 14.9 Å². The summed E-state index contributed by atoms with van der Waals surface area (Å²) in [6.45, 7) is 1.52. The number of hydrogen-bond acceptors (Lipinski definition) is 3. The van der Waals surface area contributed by atoms with Crippen LogP contribution in [0.1, 0.15) is 12.5 Å². The van der Waals surface area contributed by atoms with Crippen molar-refractivity contribution in [3.8, 4) is 0 Å². The second-order valence-corrected chi connectivity index (χ2v) is 8.71. The number of carbonyl (C=O) groups is 2. The minimum absolute atomic E-state index is 0.144. The van der Waals surface area contributed by atoms with Gasteiger partial charge in [-0.05, 0) is 0 Å². The first-order chi connectivity index (χ1) is 12.6. The van der Waals surface area contributed by atoms with Gasteiger partial charge in [0.15, 0.2) is 0 Å². The first-order valence-corrected chi connectivity index (χ1v) is 10.3. The predicted molar refractivity (Wildman–Crippen MR) is 98.3 cm³/mol. The van der Waals surface area contributed by atoms with Gasteiger partial charge in [-0.3, -0.25) is 0 Å². The molecule has 26 heavy (non-hydrogen) atoms. The maximum absolute atomic E-state index is 14.3. The summed E-state index contributed by atoms with van der Waals surface area (Å²) in [6.07, 6.45) is -1.51. The number of rotatable bonds is 6. The number of cyclic esters (lactones) is 1. The van der Waals surface area contributed by atoms with E-state index < -0.39 is 44.0 Å². The number of amides is 2. The molecule has 1 aliphatic rings. The van der Waals surface area contributed by atoms with E-state index in [1.165, 1.54) is 6.92 Å². The Morgan fingerprint density at radius 1 is 1.19 bits per heavy atom. The van der Waals surface area contributed by atoms with E-state index in [0.29, 0.717) is 6.42 Å². The first-order valence-electron chi connectivity index (χ1n) is 8.46. The summed E-state index contributed by atoms with van der Waals surface area (Å²) in [5.74, 6) is -0.479. The Morgan fingerprint density at radius 3 is 2.42 bits per heavy atom. The summed E-state index contributed by atoms with van der Waals surface area (Å²) < 4.78 is 20.3. The van der Waals surface area contributed by atoms with E-state index >= 15 is 0 Å². The molecule has 1 aliphatic heterocycles. The quantitative estimate of drug-likeness (QED) is 0.676. The van der Waals surface area contributed by atoms with Crippen LogP contribution in [0.25, 0.3) is 0 Å². The molecule has 136 valence electrons. The van der Waals surface area contributed by atoms with Crippen LogP contribution in [0.2, 0.25) is 4.82 Å². The summed E-state index contributed by atoms with van der Waals surface area (Å²) in [5.41, 5.74) is 1.01. The second kappa shape index (κ2) is 8.47. The molecular formula is C20H20FNO3Se. The van der Waals surface area contributed by atoms with Gasteiger partial charge in [-0.15, -0.1) is 0 Å². The van der Waals surface area contributed by atoms with Gasteiger partial charge in [-0.25, -0.2) is 0 Å². The number of imide groups is 1. The molecule has 0 aliphatic carbocycles. The molecule has 3 rings (SSSR count). The summed E-state index contributed by atoms with van der Waals surface area (Å²) in [7, 11) is 0. The monoisotopic (exact) mass is 421 g/mol. The molecule has 0 spiro atoms. The van der Waals surface area contributed by atoms with Crippen LogP contribution in [0.5, 0.6) is 0 Å². The molecule has 2 aromatic rings. The van der Waals surface area contributed by atoms with Gasteiger partial charge in [-0.1, -0.05) is 0 Å². The van der Waals surface area contributed by atoms with Gasteiger partial charge in [0.2, 0.25) is 0 Å². The number of ether oxygens (including phenoxy) is 1. The van der Waals surface area contributed by atoms with E-state index in [9.17, 15) is 14.0 Å². The van der Waals surface area contributed by atoms with Gasteiger partial charge in [-0.2, -0.15) is 0 Å². The van der Waals surface area contributed by atoms with E-state index in [2.05, 4.69) is 0 Å². The number of hydrogen-bond donors (Lipinski definition) is 0. The van der Waals surface area contributed by atoms with Crippen molar-refractivity contribution in [3.63, 3.8) is 0 Å². The molecule has 0 bridgehead atoms. The van der Waals surface area contributed by atoms with Crippen molar-refractivity contribution < 1.29 is 18.7 Å².